The molecule has 0 aliphatic rings. The topological polar surface area (TPSA) is 180 Å². The Morgan fingerprint density at radius 3 is 1.50 bits per heavy atom. The number of hydrogen-bond donors (Lipinski definition) is 4. The molecule has 0 bridgehead atoms. The second-order valence-electron chi connectivity index (χ2n) is 1.67. The van der Waals surface area contributed by atoms with E-state index in [1.54, 1.807) is 0 Å². The molecule has 1 radical (unpaired) electrons. The van der Waals surface area contributed by atoms with Crippen LogP contribution in [0.5, 0.6) is 0 Å². The van der Waals surface area contributed by atoms with Gasteiger partial charge in [0.25, 0.3) is 0 Å². The van der Waals surface area contributed by atoms with Crippen LogP contribution in [0.3, 0.4) is 0 Å². The van der Waals surface area contributed by atoms with Gasteiger partial charge in [-0.2, -0.15) is 8.62 Å². The maximum absolute atomic E-state index is 10.5. The zero-order valence-electron chi connectivity index (χ0n) is 5.99. The number of phosphoric acid groups is 3. The molecule has 0 heterocycles. The lowest BCUT2D eigenvalue weighted by atomic mass is 15.0. The molecule has 0 aliphatic heterocycles. The van der Waals surface area contributed by atoms with Gasteiger partial charge in [-0.05, 0) is 5.26 Å². The van der Waals surface area contributed by atoms with Crippen LogP contribution in [-0.4, -0.2) is 19.6 Å². The van der Waals surface area contributed by atoms with Crippen LogP contribution in [0.2, 0.25) is 0 Å². The first-order valence-corrected chi connectivity index (χ1v) is 6.95. The molecule has 0 spiro atoms. The van der Waals surface area contributed by atoms with Crippen molar-refractivity contribution in [1.29, 1.82) is 0 Å². The highest BCUT2D eigenvalue weighted by molar-refractivity contribution is 7.66. The quantitative estimate of drug-likeness (QED) is 0.294. The Balaban J connectivity index is 4.60. The maximum atomic E-state index is 10.5. The Morgan fingerprint density at radius 2 is 1.21 bits per heavy atom. The summed E-state index contributed by atoms with van der Waals surface area (Å²) in [5, 5.41) is 9.37. The summed E-state index contributed by atoms with van der Waals surface area (Å²) in [5.74, 6) is 0. The van der Waals surface area contributed by atoms with Gasteiger partial charge in [-0.1, -0.05) is 4.67 Å². The molecule has 11 nitrogen and oxygen atoms in total. The molecule has 0 amide bonds. The molecule has 0 aromatic carbocycles. The SMILES string of the molecule is [O]OP(=O)(O)OP(=O)(O)OP(=O)(O)O. The first-order chi connectivity index (χ1) is 5.97. The molecule has 14 heteroatoms. The summed E-state index contributed by atoms with van der Waals surface area (Å²) in [7, 11) is -16.4. The van der Waals surface area contributed by atoms with E-state index in [0.29, 0.717) is 0 Å². The highest BCUT2D eigenvalue weighted by Gasteiger charge is 2.41. The third-order valence-corrected chi connectivity index (χ3v) is 4.03. The minimum absolute atomic E-state index is 2.46. The fourth-order valence-electron chi connectivity index (χ4n) is 0.293. The maximum Gasteiger partial charge on any atom is 0.510 e. The number of hydrogen-bond acceptors (Lipinski definition) is 6. The van der Waals surface area contributed by atoms with Crippen LogP contribution < -0.4 is 0 Å². The van der Waals surface area contributed by atoms with E-state index >= 15 is 0 Å². The predicted molar refractivity (Wildman–Crippen MR) is 35.6 cm³/mol. The lowest BCUT2D eigenvalue weighted by Crippen LogP contribution is -1.93. The van der Waals surface area contributed by atoms with Crippen molar-refractivity contribution in [2.45, 2.75) is 0 Å². The summed E-state index contributed by atoms with van der Waals surface area (Å²) in [6.07, 6.45) is 0. The van der Waals surface area contributed by atoms with Crippen molar-refractivity contribution in [1.82, 2.24) is 0 Å². The smallest absolute Gasteiger partial charge is 0.302 e. The van der Waals surface area contributed by atoms with E-state index < -0.39 is 23.5 Å². The first-order valence-electron chi connectivity index (χ1n) is 2.43. The lowest BCUT2D eigenvalue weighted by Gasteiger charge is -2.12. The minimum atomic E-state index is -5.55. The Bertz CT molecular complexity index is 319. The fourth-order valence-corrected chi connectivity index (χ4v) is 2.91. The van der Waals surface area contributed by atoms with Crippen molar-refractivity contribution >= 4 is 23.5 Å². The van der Waals surface area contributed by atoms with Gasteiger partial charge in [0.1, 0.15) is 0 Å². The average Bonchev–Trinajstić information content (AvgIpc) is 1.78. The van der Waals surface area contributed by atoms with E-state index in [1.807, 2.05) is 0 Å². The predicted octanol–water partition coefficient (Wildman–Crippen LogP) is -0.325. The molecule has 0 rings (SSSR count). The van der Waals surface area contributed by atoms with Gasteiger partial charge in [-0.3, -0.25) is 0 Å². The van der Waals surface area contributed by atoms with Crippen molar-refractivity contribution in [3.8, 4) is 0 Å². The van der Waals surface area contributed by atoms with E-state index in [9.17, 15) is 19.0 Å². The molecule has 85 valence electrons. The third-order valence-electron chi connectivity index (χ3n) is 0.510. The standard InChI is InChI=1S/H4O11P3/c1-9-13(5,6)11-14(7,8)10-12(2,3)4/h(H,5,6)(H,7,8)(H2,2,3,4). The summed E-state index contributed by atoms with van der Waals surface area (Å²) in [6, 6.07) is 0. The van der Waals surface area contributed by atoms with Crippen molar-refractivity contribution in [3.05, 3.63) is 0 Å². The molecule has 0 saturated heterocycles. The zero-order chi connectivity index (χ0) is 11.6. The van der Waals surface area contributed by atoms with Crippen LogP contribution in [0.1, 0.15) is 0 Å². The molecule has 0 fully saturated rings. The van der Waals surface area contributed by atoms with Gasteiger partial charge in [-0.25, -0.2) is 13.7 Å². The van der Waals surface area contributed by atoms with Gasteiger partial charge >= 0.3 is 23.5 Å². The van der Waals surface area contributed by atoms with E-state index in [-0.39, 0.29) is 0 Å². The molecular formula is H4O11P3. The molecule has 2 atom stereocenters. The molecule has 4 N–H and O–H groups in total. The summed E-state index contributed by atoms with van der Waals surface area (Å²) >= 11 is 0. The first kappa shape index (κ1) is 14.4. The van der Waals surface area contributed by atoms with Crippen LogP contribution in [-0.2, 0) is 32.2 Å². The molecule has 0 aromatic heterocycles. The molecular weight excluding hydrogens is 269 g/mol. The normalized spacial score (nSPS) is 21.2. The third kappa shape index (κ3) is 6.77. The molecule has 2 unspecified atom stereocenters. The molecule has 0 aromatic rings. The minimum Gasteiger partial charge on any atom is -0.302 e. The molecule has 14 heavy (non-hydrogen) atoms. The van der Waals surface area contributed by atoms with E-state index in [1.165, 1.54) is 0 Å². The highest BCUT2D eigenvalue weighted by atomic mass is 31.3. The second kappa shape index (κ2) is 4.48. The Labute approximate surface area is 76.3 Å². The van der Waals surface area contributed by atoms with Crippen LogP contribution in [0.25, 0.3) is 0 Å². The van der Waals surface area contributed by atoms with Gasteiger partial charge in [0.05, 0.1) is 0 Å². The Morgan fingerprint density at radius 1 is 0.786 bits per heavy atom. The summed E-state index contributed by atoms with van der Waals surface area (Å²) < 4.78 is 39.3. The highest BCUT2D eigenvalue weighted by Crippen LogP contribution is 2.65. The van der Waals surface area contributed by atoms with E-state index in [2.05, 4.69) is 13.3 Å². The summed E-state index contributed by atoms with van der Waals surface area (Å²) in [6.45, 7) is 0. The van der Waals surface area contributed by atoms with Crippen molar-refractivity contribution in [3.63, 3.8) is 0 Å². The van der Waals surface area contributed by atoms with Crippen molar-refractivity contribution < 1.29 is 51.8 Å². The van der Waals surface area contributed by atoms with Crippen molar-refractivity contribution in [2.24, 2.45) is 0 Å². The second-order valence-corrected chi connectivity index (χ2v) is 5.98. The average molecular weight is 273 g/mol. The lowest BCUT2D eigenvalue weighted by molar-refractivity contribution is -0.224. The van der Waals surface area contributed by atoms with E-state index in [0.717, 1.165) is 0 Å². The largest absolute Gasteiger partial charge is 0.510 e. The van der Waals surface area contributed by atoms with Crippen LogP contribution in [0, 0.1) is 0 Å². The summed E-state index contributed by atoms with van der Waals surface area (Å²) in [4.78, 5) is 32.6. The van der Waals surface area contributed by atoms with Gasteiger partial charge in [-0.15, -0.1) is 0 Å². The van der Waals surface area contributed by atoms with Gasteiger partial charge < -0.3 is 19.6 Å². The zero-order valence-corrected chi connectivity index (χ0v) is 8.67. The van der Waals surface area contributed by atoms with Gasteiger partial charge in [0, 0.05) is 0 Å². The van der Waals surface area contributed by atoms with Crippen LogP contribution >= 0.6 is 23.5 Å². The van der Waals surface area contributed by atoms with Gasteiger partial charge in [0.15, 0.2) is 0 Å². The number of rotatable bonds is 5. The van der Waals surface area contributed by atoms with E-state index in [4.69, 9.17) is 19.6 Å². The van der Waals surface area contributed by atoms with Crippen LogP contribution in [0.15, 0.2) is 0 Å². The Hall–Kier alpha value is 0.370. The Kier molecular flexibility index (Phi) is 4.60. The molecule has 0 aliphatic carbocycles. The molecule has 0 saturated carbocycles. The monoisotopic (exact) mass is 273 g/mol. The summed E-state index contributed by atoms with van der Waals surface area (Å²) in [5.41, 5.74) is 0. The fraction of sp³-hybridized carbons (Fsp3) is 0. The van der Waals surface area contributed by atoms with Crippen LogP contribution in [0.4, 0.5) is 0 Å². The van der Waals surface area contributed by atoms with Gasteiger partial charge in [0.2, 0.25) is 0 Å². The van der Waals surface area contributed by atoms with Crippen molar-refractivity contribution in [2.75, 3.05) is 0 Å².